The normalized spacial score (nSPS) is 13.8. The fraction of sp³-hybridized carbons (Fsp3) is 0.375. The van der Waals surface area contributed by atoms with Crippen LogP contribution in [0.2, 0.25) is 0 Å². The van der Waals surface area contributed by atoms with Gasteiger partial charge in [0.05, 0.1) is 11.0 Å². The maximum atomic E-state index is 12.3. The van der Waals surface area contributed by atoms with Gasteiger partial charge in [-0.25, -0.2) is 4.98 Å². The Morgan fingerprint density at radius 3 is 2.88 bits per heavy atom. The zero-order chi connectivity index (χ0) is 16.2. The molecule has 0 spiro atoms. The van der Waals surface area contributed by atoms with Crippen molar-refractivity contribution in [2.75, 3.05) is 19.8 Å². The molecule has 0 fully saturated rings. The number of thiazole rings is 1. The van der Waals surface area contributed by atoms with Gasteiger partial charge in [-0.15, -0.1) is 23.7 Å². The first-order chi connectivity index (χ1) is 11.2. The molecule has 1 aliphatic heterocycles. The standard InChI is InChI=1S/C16H19N3O3S.ClH/c1-10(11-2-3-13-14(8-11)22-7-6-21-13)18-16(20)12-9-23-15(19-12)4-5-17;/h2-3,8-10H,4-7,17H2,1H3,(H,18,20);1H. The van der Waals surface area contributed by atoms with E-state index < -0.39 is 0 Å². The van der Waals surface area contributed by atoms with Gasteiger partial charge in [0, 0.05) is 11.8 Å². The predicted molar refractivity (Wildman–Crippen MR) is 95.4 cm³/mol. The van der Waals surface area contributed by atoms with Gasteiger partial charge in [0.1, 0.15) is 18.9 Å². The molecule has 8 heteroatoms. The number of carbonyl (C=O) groups excluding carboxylic acids is 1. The minimum Gasteiger partial charge on any atom is -0.486 e. The van der Waals surface area contributed by atoms with Gasteiger partial charge in [0.2, 0.25) is 0 Å². The zero-order valence-electron chi connectivity index (χ0n) is 13.3. The third kappa shape index (κ3) is 4.17. The molecule has 130 valence electrons. The molecule has 0 bridgehead atoms. The van der Waals surface area contributed by atoms with Gasteiger partial charge in [0.25, 0.3) is 5.91 Å². The molecule has 1 aromatic carbocycles. The van der Waals surface area contributed by atoms with Gasteiger partial charge in [-0.3, -0.25) is 4.79 Å². The van der Waals surface area contributed by atoms with E-state index in [1.54, 1.807) is 5.38 Å². The summed E-state index contributed by atoms with van der Waals surface area (Å²) in [5.41, 5.74) is 6.89. The molecular formula is C16H20ClN3O3S. The van der Waals surface area contributed by atoms with Crippen molar-refractivity contribution in [1.29, 1.82) is 0 Å². The summed E-state index contributed by atoms with van der Waals surface area (Å²) in [4.78, 5) is 16.6. The largest absolute Gasteiger partial charge is 0.486 e. The SMILES string of the molecule is CC(NC(=O)c1csc(CCN)n1)c1ccc2c(c1)OCCO2.Cl. The number of nitrogens with zero attached hydrogens (tertiary/aromatic N) is 1. The van der Waals surface area contributed by atoms with E-state index in [1.807, 2.05) is 25.1 Å². The molecule has 1 aromatic heterocycles. The van der Waals surface area contributed by atoms with Crippen LogP contribution in [-0.2, 0) is 6.42 Å². The quantitative estimate of drug-likeness (QED) is 0.844. The third-order valence-electron chi connectivity index (χ3n) is 3.56. The van der Waals surface area contributed by atoms with E-state index in [1.165, 1.54) is 11.3 Å². The Hall–Kier alpha value is -1.83. The molecule has 2 heterocycles. The van der Waals surface area contributed by atoms with Gasteiger partial charge in [-0.05, 0) is 31.2 Å². The number of amides is 1. The molecule has 0 aliphatic carbocycles. The predicted octanol–water partition coefficient (Wildman–Crippen LogP) is 2.33. The number of ether oxygens (including phenoxy) is 2. The lowest BCUT2D eigenvalue weighted by Gasteiger charge is -2.21. The number of hydrogen-bond donors (Lipinski definition) is 2. The molecular weight excluding hydrogens is 350 g/mol. The minimum atomic E-state index is -0.188. The first kappa shape index (κ1) is 18.5. The van der Waals surface area contributed by atoms with Gasteiger partial charge in [-0.1, -0.05) is 6.07 Å². The molecule has 1 atom stereocenters. The van der Waals surface area contributed by atoms with E-state index in [0.29, 0.717) is 37.6 Å². The van der Waals surface area contributed by atoms with Crippen LogP contribution in [0, 0.1) is 0 Å². The van der Waals surface area contributed by atoms with Crippen LogP contribution >= 0.6 is 23.7 Å². The van der Waals surface area contributed by atoms with Crippen LogP contribution in [0.3, 0.4) is 0 Å². The highest BCUT2D eigenvalue weighted by molar-refractivity contribution is 7.09. The fourth-order valence-corrected chi connectivity index (χ4v) is 3.13. The molecule has 24 heavy (non-hydrogen) atoms. The van der Waals surface area contributed by atoms with Crippen LogP contribution in [0.15, 0.2) is 23.6 Å². The molecule has 3 rings (SSSR count). The van der Waals surface area contributed by atoms with E-state index >= 15 is 0 Å². The molecule has 1 aliphatic rings. The average Bonchev–Trinajstić information content (AvgIpc) is 3.03. The molecule has 6 nitrogen and oxygen atoms in total. The minimum absolute atomic E-state index is 0. The molecule has 0 saturated carbocycles. The van der Waals surface area contributed by atoms with Crippen molar-refractivity contribution >= 4 is 29.7 Å². The second-order valence-electron chi connectivity index (χ2n) is 5.26. The fourth-order valence-electron chi connectivity index (χ4n) is 2.34. The van der Waals surface area contributed by atoms with Crippen molar-refractivity contribution in [3.05, 3.63) is 39.8 Å². The summed E-state index contributed by atoms with van der Waals surface area (Å²) < 4.78 is 11.1. The summed E-state index contributed by atoms with van der Waals surface area (Å²) in [6.45, 7) is 3.56. The summed E-state index contributed by atoms with van der Waals surface area (Å²) >= 11 is 1.46. The average molecular weight is 370 g/mol. The van der Waals surface area contributed by atoms with Gasteiger partial charge < -0.3 is 20.5 Å². The summed E-state index contributed by atoms with van der Waals surface area (Å²) in [7, 11) is 0. The Balaban J connectivity index is 0.00000208. The van der Waals surface area contributed by atoms with Crippen LogP contribution in [-0.4, -0.2) is 30.6 Å². The van der Waals surface area contributed by atoms with Gasteiger partial charge in [-0.2, -0.15) is 0 Å². The second-order valence-corrected chi connectivity index (χ2v) is 6.21. The summed E-state index contributed by atoms with van der Waals surface area (Å²) in [5.74, 6) is 1.27. The Morgan fingerprint density at radius 1 is 1.38 bits per heavy atom. The molecule has 1 amide bonds. The second kappa shape index (κ2) is 8.32. The molecule has 1 unspecified atom stereocenters. The first-order valence-corrected chi connectivity index (χ1v) is 8.40. The lowest BCUT2D eigenvalue weighted by Crippen LogP contribution is -2.27. The van der Waals surface area contributed by atoms with Gasteiger partial charge >= 0.3 is 0 Å². The number of halogens is 1. The third-order valence-corrected chi connectivity index (χ3v) is 4.47. The highest BCUT2D eigenvalue weighted by Gasteiger charge is 2.17. The maximum absolute atomic E-state index is 12.3. The summed E-state index contributed by atoms with van der Waals surface area (Å²) in [6, 6.07) is 5.55. The van der Waals surface area contributed by atoms with Crippen molar-refractivity contribution in [2.24, 2.45) is 5.73 Å². The monoisotopic (exact) mass is 369 g/mol. The number of nitrogens with one attached hydrogen (secondary N) is 1. The van der Waals surface area contributed by atoms with Crippen molar-refractivity contribution in [1.82, 2.24) is 10.3 Å². The van der Waals surface area contributed by atoms with E-state index in [2.05, 4.69) is 10.3 Å². The number of fused-ring (bicyclic) bond motifs is 1. The molecule has 0 saturated heterocycles. The van der Waals surface area contributed by atoms with Crippen LogP contribution in [0.25, 0.3) is 0 Å². The zero-order valence-corrected chi connectivity index (χ0v) is 14.9. The number of aromatic nitrogens is 1. The van der Waals surface area contributed by atoms with Crippen molar-refractivity contribution in [2.45, 2.75) is 19.4 Å². The first-order valence-electron chi connectivity index (χ1n) is 7.52. The molecule has 2 aromatic rings. The summed E-state index contributed by atoms with van der Waals surface area (Å²) in [6.07, 6.45) is 0.690. The van der Waals surface area contributed by atoms with Crippen molar-refractivity contribution < 1.29 is 14.3 Å². The van der Waals surface area contributed by atoms with Crippen LogP contribution in [0.1, 0.15) is 34.0 Å². The number of benzene rings is 1. The Kier molecular flexibility index (Phi) is 6.42. The number of nitrogens with two attached hydrogens (primary N) is 1. The summed E-state index contributed by atoms with van der Waals surface area (Å²) in [5, 5.41) is 5.59. The van der Waals surface area contributed by atoms with Crippen LogP contribution in [0.5, 0.6) is 11.5 Å². The van der Waals surface area contributed by atoms with E-state index in [9.17, 15) is 4.79 Å². The lowest BCUT2D eigenvalue weighted by molar-refractivity contribution is 0.0935. The lowest BCUT2D eigenvalue weighted by atomic mass is 10.1. The van der Waals surface area contributed by atoms with Gasteiger partial charge in [0.15, 0.2) is 11.5 Å². The smallest absolute Gasteiger partial charge is 0.271 e. The number of carbonyl (C=O) groups is 1. The highest BCUT2D eigenvalue weighted by atomic mass is 35.5. The van der Waals surface area contributed by atoms with E-state index in [0.717, 1.165) is 16.3 Å². The molecule has 0 radical (unpaired) electrons. The topological polar surface area (TPSA) is 86.5 Å². The van der Waals surface area contributed by atoms with Crippen molar-refractivity contribution in [3.63, 3.8) is 0 Å². The van der Waals surface area contributed by atoms with E-state index in [-0.39, 0.29) is 24.4 Å². The maximum Gasteiger partial charge on any atom is 0.271 e. The highest BCUT2D eigenvalue weighted by Crippen LogP contribution is 2.32. The Bertz CT molecular complexity index is 708. The van der Waals surface area contributed by atoms with Crippen LogP contribution in [0.4, 0.5) is 0 Å². The van der Waals surface area contributed by atoms with Crippen LogP contribution < -0.4 is 20.5 Å². The molecule has 3 N–H and O–H groups in total. The number of rotatable bonds is 5. The van der Waals surface area contributed by atoms with E-state index in [4.69, 9.17) is 15.2 Å². The Morgan fingerprint density at radius 2 is 2.12 bits per heavy atom. The Labute approximate surface area is 150 Å². The van der Waals surface area contributed by atoms with Crippen molar-refractivity contribution in [3.8, 4) is 11.5 Å². The number of hydrogen-bond acceptors (Lipinski definition) is 6.